The van der Waals surface area contributed by atoms with Gasteiger partial charge in [-0.15, -0.1) is 5.46 Å². The fourth-order valence-corrected chi connectivity index (χ4v) is 0.911. The zero-order chi connectivity index (χ0) is 9.35. The Balaban J connectivity index is 0.00000144. The number of hydrogen-bond acceptors (Lipinski definition) is 2. The van der Waals surface area contributed by atoms with E-state index < -0.39 is 12.4 Å². The van der Waals surface area contributed by atoms with E-state index >= 15 is 0 Å². The first-order valence-electron chi connectivity index (χ1n) is 3.33. The van der Waals surface area contributed by atoms with Gasteiger partial charge < -0.3 is 18.7 Å². The summed E-state index contributed by atoms with van der Waals surface area (Å²) in [4.78, 5) is 3.64. The van der Waals surface area contributed by atoms with E-state index in [1.165, 1.54) is 6.92 Å². The normalized spacial score (nSPS) is 10.8. The minimum absolute atomic E-state index is 0. The summed E-state index contributed by atoms with van der Waals surface area (Å²) in [5, 5.41) is 0. The summed E-state index contributed by atoms with van der Waals surface area (Å²) in [6.45, 7) is -3.49. The first-order chi connectivity index (χ1) is 5.39. The van der Waals surface area contributed by atoms with Gasteiger partial charge in [0.15, 0.2) is 0 Å². The molecular formula is C6H7BF3KN2. The van der Waals surface area contributed by atoms with E-state index in [4.69, 9.17) is 5.73 Å². The summed E-state index contributed by atoms with van der Waals surface area (Å²) in [6.07, 6.45) is 0. The molecule has 0 fully saturated rings. The number of aromatic nitrogens is 1. The van der Waals surface area contributed by atoms with Crippen LogP contribution in [-0.4, -0.2) is 12.0 Å². The van der Waals surface area contributed by atoms with Crippen molar-refractivity contribution in [1.29, 1.82) is 0 Å². The minimum atomic E-state index is -4.96. The summed E-state index contributed by atoms with van der Waals surface area (Å²) in [6, 6.07) is 1.82. The molecule has 0 aliphatic heterocycles. The molecule has 0 radical (unpaired) electrons. The second-order valence-electron chi connectivity index (χ2n) is 2.54. The van der Waals surface area contributed by atoms with Crippen molar-refractivity contribution in [3.05, 3.63) is 17.8 Å². The standard InChI is InChI=1S/C6H7BF3N2.K/c1-4-2-5(7(8,9)10)3-6(11)12-4;/h2-3H,1H3,(H2,11,12);/q-1;+1. The third-order valence-electron chi connectivity index (χ3n) is 1.37. The van der Waals surface area contributed by atoms with Crippen LogP contribution in [0.2, 0.25) is 0 Å². The largest absolute Gasteiger partial charge is 1.00 e. The molecule has 0 unspecified atom stereocenters. The fraction of sp³-hybridized carbons (Fsp3) is 0.167. The maximum Gasteiger partial charge on any atom is 1.00 e. The van der Waals surface area contributed by atoms with Crippen LogP contribution in [0.5, 0.6) is 0 Å². The average Bonchev–Trinajstić information content (AvgIpc) is 1.82. The number of aryl methyl sites for hydroxylation is 1. The summed E-state index contributed by atoms with van der Waals surface area (Å²) >= 11 is 0. The van der Waals surface area contributed by atoms with Crippen molar-refractivity contribution in [3.8, 4) is 0 Å². The van der Waals surface area contributed by atoms with E-state index in [2.05, 4.69) is 4.98 Å². The van der Waals surface area contributed by atoms with Crippen molar-refractivity contribution in [2.24, 2.45) is 0 Å². The predicted octanol–water partition coefficient (Wildman–Crippen LogP) is -1.97. The van der Waals surface area contributed by atoms with Crippen LogP contribution in [0.4, 0.5) is 18.8 Å². The van der Waals surface area contributed by atoms with Crippen LogP contribution in [0, 0.1) is 6.92 Å². The molecule has 0 aliphatic rings. The van der Waals surface area contributed by atoms with Gasteiger partial charge in [0, 0.05) is 5.69 Å². The molecule has 0 saturated heterocycles. The number of anilines is 1. The summed E-state index contributed by atoms with van der Waals surface area (Å²) < 4.78 is 36.4. The average molecular weight is 214 g/mol. The van der Waals surface area contributed by atoms with Gasteiger partial charge in [-0.2, -0.15) is 0 Å². The summed E-state index contributed by atoms with van der Waals surface area (Å²) in [5.41, 5.74) is 4.74. The van der Waals surface area contributed by atoms with Crippen molar-refractivity contribution >= 4 is 18.3 Å². The molecule has 1 aromatic rings. The van der Waals surface area contributed by atoms with E-state index in [1.54, 1.807) is 0 Å². The van der Waals surface area contributed by atoms with Crippen LogP contribution in [0.3, 0.4) is 0 Å². The SMILES string of the molecule is Cc1cc([B-](F)(F)F)cc(N)n1.[K+]. The molecule has 2 N–H and O–H groups in total. The van der Waals surface area contributed by atoms with E-state index in [1.807, 2.05) is 0 Å². The third kappa shape index (κ3) is 3.99. The van der Waals surface area contributed by atoms with E-state index in [9.17, 15) is 12.9 Å². The first-order valence-corrected chi connectivity index (χ1v) is 3.33. The number of halogens is 3. The molecule has 2 nitrogen and oxygen atoms in total. The zero-order valence-corrected chi connectivity index (χ0v) is 10.5. The number of hydrogen-bond donors (Lipinski definition) is 1. The minimum Gasteiger partial charge on any atom is -0.445 e. The van der Waals surface area contributed by atoms with E-state index in [-0.39, 0.29) is 62.9 Å². The molecule has 1 aromatic heterocycles. The van der Waals surface area contributed by atoms with Crippen LogP contribution < -0.4 is 62.6 Å². The quantitative estimate of drug-likeness (QED) is 0.551. The van der Waals surface area contributed by atoms with Crippen LogP contribution in [0.1, 0.15) is 5.69 Å². The molecular weight excluding hydrogens is 207 g/mol. The number of rotatable bonds is 1. The number of nitrogens with two attached hydrogens (primary N) is 1. The van der Waals surface area contributed by atoms with Crippen LogP contribution in [-0.2, 0) is 0 Å². The molecule has 0 aliphatic carbocycles. The fourth-order valence-electron chi connectivity index (χ4n) is 0.911. The Morgan fingerprint density at radius 3 is 2.23 bits per heavy atom. The Bertz CT molecular complexity index is 282. The molecule has 0 spiro atoms. The monoisotopic (exact) mass is 214 g/mol. The Hall–Kier alpha value is 0.441. The van der Waals surface area contributed by atoms with Gasteiger partial charge in [0.2, 0.25) is 0 Å². The molecule has 13 heavy (non-hydrogen) atoms. The second-order valence-corrected chi connectivity index (χ2v) is 2.54. The van der Waals surface area contributed by atoms with Gasteiger partial charge in [0.1, 0.15) is 5.82 Å². The van der Waals surface area contributed by atoms with Crippen molar-refractivity contribution in [2.75, 3.05) is 5.73 Å². The number of nitrogen functional groups attached to an aromatic ring is 1. The number of nitrogens with zero attached hydrogens (tertiary/aromatic N) is 1. The first kappa shape index (κ1) is 13.4. The van der Waals surface area contributed by atoms with Gasteiger partial charge in [-0.3, -0.25) is 0 Å². The molecule has 1 heterocycles. The Morgan fingerprint density at radius 1 is 1.31 bits per heavy atom. The van der Waals surface area contributed by atoms with Gasteiger partial charge >= 0.3 is 58.4 Å². The molecule has 7 heteroatoms. The second kappa shape index (κ2) is 4.79. The zero-order valence-electron chi connectivity index (χ0n) is 7.39. The smallest absolute Gasteiger partial charge is 0.445 e. The molecule has 0 bridgehead atoms. The Labute approximate surface area is 117 Å². The molecule has 0 amide bonds. The maximum absolute atomic E-state index is 12.1. The van der Waals surface area contributed by atoms with Gasteiger partial charge in [-0.1, -0.05) is 6.07 Å². The topological polar surface area (TPSA) is 38.9 Å². The molecule has 66 valence electrons. The molecule has 0 atom stereocenters. The van der Waals surface area contributed by atoms with E-state index in [0.717, 1.165) is 12.1 Å². The van der Waals surface area contributed by atoms with Crippen molar-refractivity contribution in [3.63, 3.8) is 0 Å². The van der Waals surface area contributed by atoms with Crippen molar-refractivity contribution < 1.29 is 64.3 Å². The van der Waals surface area contributed by atoms with Crippen molar-refractivity contribution in [2.45, 2.75) is 6.92 Å². The Kier molecular flexibility index (Phi) is 4.95. The van der Waals surface area contributed by atoms with Crippen molar-refractivity contribution in [1.82, 2.24) is 4.98 Å². The molecule has 0 saturated carbocycles. The summed E-state index contributed by atoms with van der Waals surface area (Å²) in [5.74, 6) is -0.0933. The summed E-state index contributed by atoms with van der Waals surface area (Å²) in [7, 11) is 0. The van der Waals surface area contributed by atoms with Crippen LogP contribution in [0.25, 0.3) is 0 Å². The third-order valence-corrected chi connectivity index (χ3v) is 1.37. The van der Waals surface area contributed by atoms with Gasteiger partial charge in [0.25, 0.3) is 0 Å². The maximum atomic E-state index is 12.1. The molecule has 0 aromatic carbocycles. The van der Waals surface area contributed by atoms with Crippen LogP contribution >= 0.6 is 0 Å². The number of pyridine rings is 1. The van der Waals surface area contributed by atoms with Gasteiger partial charge in [-0.05, 0) is 13.0 Å². The molecule has 1 rings (SSSR count). The van der Waals surface area contributed by atoms with Gasteiger partial charge in [-0.25, -0.2) is 4.98 Å². The Morgan fingerprint density at radius 2 is 1.85 bits per heavy atom. The van der Waals surface area contributed by atoms with E-state index in [0.29, 0.717) is 0 Å². The predicted molar refractivity (Wildman–Crippen MR) is 42.1 cm³/mol. The van der Waals surface area contributed by atoms with Crippen LogP contribution in [0.15, 0.2) is 12.1 Å². The van der Waals surface area contributed by atoms with Gasteiger partial charge in [0.05, 0.1) is 0 Å².